The molecule has 4 nitrogen and oxygen atoms in total. The summed E-state index contributed by atoms with van der Waals surface area (Å²) in [7, 11) is 0. The third-order valence-electron chi connectivity index (χ3n) is 2.00. The number of aromatic nitrogens is 3. The van der Waals surface area contributed by atoms with Gasteiger partial charge in [-0.1, -0.05) is 29.2 Å². The molecule has 0 aliphatic rings. The van der Waals surface area contributed by atoms with Crippen molar-refractivity contribution in [3.8, 4) is 0 Å². The number of hydrogen-bond donors (Lipinski definition) is 1. The quantitative estimate of drug-likeness (QED) is 0.872. The Hall–Kier alpha value is -0.630. The normalized spacial score (nSPS) is 12.6. The van der Waals surface area contributed by atoms with Gasteiger partial charge in [-0.15, -0.1) is 10.2 Å². The number of pyridine rings is 1. The highest BCUT2D eigenvalue weighted by Crippen LogP contribution is 2.31. The Balaban J connectivity index is 2.08. The molecule has 0 spiro atoms. The Morgan fingerprint density at radius 3 is 2.59 bits per heavy atom. The molecule has 0 fully saturated rings. The zero-order chi connectivity index (χ0) is 12.3. The summed E-state index contributed by atoms with van der Waals surface area (Å²) in [5, 5.41) is 18.3. The molecule has 17 heavy (non-hydrogen) atoms. The van der Waals surface area contributed by atoms with Gasteiger partial charge in [-0.3, -0.25) is 0 Å². The summed E-state index contributed by atoms with van der Waals surface area (Å²) in [6.07, 6.45) is 3.18. The van der Waals surface area contributed by atoms with Crippen molar-refractivity contribution < 1.29 is 5.11 Å². The first-order valence-electron chi connectivity index (χ1n) is 4.88. The molecule has 1 N–H and O–H groups in total. The maximum atomic E-state index is 9.37. The third kappa shape index (κ3) is 3.41. The number of rotatable bonds is 4. The van der Waals surface area contributed by atoms with E-state index < -0.39 is 6.10 Å². The highest BCUT2D eigenvalue weighted by atomic mass is 32.2. The molecular formula is C10H11N3OS3. The fourth-order valence-electron chi connectivity index (χ4n) is 1.11. The van der Waals surface area contributed by atoms with Gasteiger partial charge in [0, 0.05) is 6.20 Å². The van der Waals surface area contributed by atoms with E-state index in [0.29, 0.717) is 0 Å². The predicted molar refractivity (Wildman–Crippen MR) is 70.7 cm³/mol. The van der Waals surface area contributed by atoms with Crippen molar-refractivity contribution in [3.63, 3.8) is 0 Å². The Morgan fingerprint density at radius 2 is 2.06 bits per heavy atom. The monoisotopic (exact) mass is 285 g/mol. The molecule has 0 saturated carbocycles. The Bertz CT molecular complexity index is 484. The van der Waals surface area contributed by atoms with Crippen LogP contribution in [0.3, 0.4) is 0 Å². The first-order valence-corrected chi connectivity index (χ1v) is 7.74. The smallest absolute Gasteiger partial charge is 0.181 e. The van der Waals surface area contributed by atoms with E-state index in [4.69, 9.17) is 0 Å². The van der Waals surface area contributed by atoms with Gasteiger partial charge in [-0.25, -0.2) is 4.98 Å². The predicted octanol–water partition coefficient (Wildman–Crippen LogP) is 2.86. The van der Waals surface area contributed by atoms with Gasteiger partial charge in [0.05, 0.1) is 6.10 Å². The molecular weight excluding hydrogens is 274 g/mol. The van der Waals surface area contributed by atoms with Gasteiger partial charge in [-0.05, 0) is 36.6 Å². The fourth-order valence-corrected chi connectivity index (χ4v) is 3.43. The molecule has 7 heteroatoms. The van der Waals surface area contributed by atoms with Gasteiger partial charge in [0.2, 0.25) is 0 Å². The molecule has 1 unspecified atom stereocenters. The van der Waals surface area contributed by atoms with E-state index in [9.17, 15) is 5.11 Å². The van der Waals surface area contributed by atoms with Crippen LogP contribution >= 0.6 is 34.9 Å². The standard InChI is InChI=1S/C10H11N3OS3/c1-6(14)7-3-4-8(11-5-7)16-10-13-12-9(15-2)17-10/h3-6,14H,1-2H3. The summed E-state index contributed by atoms with van der Waals surface area (Å²) >= 11 is 4.62. The zero-order valence-electron chi connectivity index (χ0n) is 9.32. The Labute approximate surface area is 112 Å². The van der Waals surface area contributed by atoms with Crippen molar-refractivity contribution in [2.75, 3.05) is 6.26 Å². The SMILES string of the molecule is CSc1nnc(Sc2ccc(C(C)O)cn2)s1. The molecule has 0 bridgehead atoms. The number of thioether (sulfide) groups is 1. The lowest BCUT2D eigenvalue weighted by molar-refractivity contribution is 0.198. The van der Waals surface area contributed by atoms with Crippen molar-refractivity contribution in [2.45, 2.75) is 26.7 Å². The number of nitrogens with zero attached hydrogens (tertiary/aromatic N) is 3. The number of aliphatic hydroxyl groups excluding tert-OH is 1. The highest BCUT2D eigenvalue weighted by molar-refractivity contribution is 8.02. The summed E-state index contributed by atoms with van der Waals surface area (Å²) in [5.41, 5.74) is 0.816. The maximum Gasteiger partial charge on any atom is 0.181 e. The van der Waals surface area contributed by atoms with Crippen LogP contribution in [0.4, 0.5) is 0 Å². The van der Waals surface area contributed by atoms with E-state index in [0.717, 1.165) is 19.3 Å². The second-order valence-electron chi connectivity index (χ2n) is 3.25. The molecule has 90 valence electrons. The van der Waals surface area contributed by atoms with Crippen LogP contribution in [0, 0.1) is 0 Å². The summed E-state index contributed by atoms with van der Waals surface area (Å²) in [5.74, 6) is 0. The van der Waals surface area contributed by atoms with Crippen LogP contribution < -0.4 is 0 Å². The molecule has 2 rings (SSSR count). The van der Waals surface area contributed by atoms with Crippen LogP contribution in [-0.4, -0.2) is 26.5 Å². The molecule has 0 aromatic carbocycles. The highest BCUT2D eigenvalue weighted by Gasteiger charge is 2.07. The van der Waals surface area contributed by atoms with Crippen molar-refractivity contribution in [1.29, 1.82) is 0 Å². The van der Waals surface area contributed by atoms with Gasteiger partial charge in [0.15, 0.2) is 8.68 Å². The third-order valence-corrected chi connectivity index (χ3v) is 4.90. The summed E-state index contributed by atoms with van der Waals surface area (Å²) in [6.45, 7) is 1.72. The largest absolute Gasteiger partial charge is 0.389 e. The summed E-state index contributed by atoms with van der Waals surface area (Å²) in [4.78, 5) is 4.27. The van der Waals surface area contributed by atoms with E-state index in [1.54, 1.807) is 36.2 Å². The van der Waals surface area contributed by atoms with Crippen LogP contribution in [0.1, 0.15) is 18.6 Å². The molecule has 1 atom stereocenters. The lowest BCUT2D eigenvalue weighted by Gasteiger charge is -2.03. The minimum atomic E-state index is -0.480. The number of hydrogen-bond acceptors (Lipinski definition) is 7. The fraction of sp³-hybridized carbons (Fsp3) is 0.300. The molecule has 0 aliphatic carbocycles. The van der Waals surface area contributed by atoms with Crippen molar-refractivity contribution in [2.24, 2.45) is 0 Å². The van der Waals surface area contributed by atoms with E-state index in [2.05, 4.69) is 15.2 Å². The molecule has 0 aliphatic heterocycles. The minimum absolute atomic E-state index is 0.480. The molecule has 2 heterocycles. The van der Waals surface area contributed by atoms with E-state index in [1.165, 1.54) is 11.8 Å². The first-order chi connectivity index (χ1) is 8.19. The van der Waals surface area contributed by atoms with Gasteiger partial charge >= 0.3 is 0 Å². The van der Waals surface area contributed by atoms with Gasteiger partial charge in [0.1, 0.15) is 5.03 Å². The van der Waals surface area contributed by atoms with E-state index >= 15 is 0 Å². The van der Waals surface area contributed by atoms with Gasteiger partial charge < -0.3 is 5.11 Å². The lowest BCUT2D eigenvalue weighted by Crippen LogP contribution is -1.91. The van der Waals surface area contributed by atoms with Gasteiger partial charge in [-0.2, -0.15) is 0 Å². The first kappa shape index (κ1) is 12.8. The topological polar surface area (TPSA) is 58.9 Å². The number of aliphatic hydroxyl groups is 1. The Morgan fingerprint density at radius 1 is 1.29 bits per heavy atom. The van der Waals surface area contributed by atoms with Crippen LogP contribution in [0.25, 0.3) is 0 Å². The molecule has 0 amide bonds. The summed E-state index contributed by atoms with van der Waals surface area (Å²) < 4.78 is 1.83. The summed E-state index contributed by atoms with van der Waals surface area (Å²) in [6, 6.07) is 3.75. The van der Waals surface area contributed by atoms with Crippen LogP contribution in [0.15, 0.2) is 32.0 Å². The van der Waals surface area contributed by atoms with E-state index in [1.807, 2.05) is 18.4 Å². The lowest BCUT2D eigenvalue weighted by atomic mass is 10.2. The molecule has 2 aromatic heterocycles. The van der Waals surface area contributed by atoms with Crippen molar-refractivity contribution >= 4 is 34.9 Å². The van der Waals surface area contributed by atoms with Gasteiger partial charge in [0.25, 0.3) is 0 Å². The minimum Gasteiger partial charge on any atom is -0.389 e. The maximum absolute atomic E-state index is 9.37. The average Bonchev–Trinajstić information content (AvgIpc) is 2.77. The second-order valence-corrected chi connectivity index (χ2v) is 6.54. The Kier molecular flexibility index (Phi) is 4.38. The zero-order valence-corrected chi connectivity index (χ0v) is 11.8. The molecule has 0 radical (unpaired) electrons. The second kappa shape index (κ2) is 5.81. The van der Waals surface area contributed by atoms with Crippen molar-refractivity contribution in [1.82, 2.24) is 15.2 Å². The molecule has 0 saturated heterocycles. The molecule has 2 aromatic rings. The van der Waals surface area contributed by atoms with E-state index in [-0.39, 0.29) is 0 Å². The van der Waals surface area contributed by atoms with Crippen LogP contribution in [0.2, 0.25) is 0 Å². The van der Waals surface area contributed by atoms with Crippen LogP contribution in [-0.2, 0) is 0 Å². The van der Waals surface area contributed by atoms with Crippen LogP contribution in [0.5, 0.6) is 0 Å². The van der Waals surface area contributed by atoms with Crippen molar-refractivity contribution in [3.05, 3.63) is 23.9 Å². The average molecular weight is 285 g/mol.